The average molecular weight is 399 g/mol. The molecule has 6 nitrogen and oxygen atoms in total. The largest absolute Gasteiger partial charge is 0.462 e. The summed E-state index contributed by atoms with van der Waals surface area (Å²) in [6.45, 7) is 3.93. The molecule has 1 aliphatic heterocycles. The number of nitrogens with one attached hydrogen (secondary N) is 1. The highest BCUT2D eigenvalue weighted by atomic mass is 32.1. The van der Waals surface area contributed by atoms with Crippen molar-refractivity contribution in [1.82, 2.24) is 0 Å². The Morgan fingerprint density at radius 1 is 1.32 bits per heavy atom. The summed E-state index contributed by atoms with van der Waals surface area (Å²) < 4.78 is 10.5. The molecule has 1 aromatic carbocycles. The number of hydrogen-bond acceptors (Lipinski definition) is 6. The van der Waals surface area contributed by atoms with Crippen molar-refractivity contribution in [3.8, 4) is 0 Å². The van der Waals surface area contributed by atoms with Gasteiger partial charge in [0.2, 0.25) is 0 Å². The third-order valence-electron chi connectivity index (χ3n) is 5.07. The summed E-state index contributed by atoms with van der Waals surface area (Å²) in [4.78, 5) is 38.7. The van der Waals surface area contributed by atoms with Crippen LogP contribution in [-0.2, 0) is 33.5 Å². The van der Waals surface area contributed by atoms with E-state index in [1.54, 1.807) is 13.0 Å². The van der Waals surface area contributed by atoms with Gasteiger partial charge >= 0.3 is 11.9 Å². The minimum atomic E-state index is -0.922. The van der Waals surface area contributed by atoms with Crippen molar-refractivity contribution in [3.63, 3.8) is 0 Å². The maximum absolute atomic E-state index is 12.8. The summed E-state index contributed by atoms with van der Waals surface area (Å²) in [5, 5.41) is 3.30. The molecule has 1 N–H and O–H groups in total. The zero-order valence-corrected chi connectivity index (χ0v) is 16.6. The molecule has 0 bridgehead atoms. The number of benzene rings is 1. The van der Waals surface area contributed by atoms with Crippen LogP contribution in [0.15, 0.2) is 18.2 Å². The van der Waals surface area contributed by atoms with Gasteiger partial charge in [0.25, 0.3) is 5.91 Å². The van der Waals surface area contributed by atoms with E-state index < -0.39 is 23.9 Å². The zero-order chi connectivity index (χ0) is 19.8. The number of hydrogen-bond donors (Lipinski definition) is 1. The van der Waals surface area contributed by atoms with Crippen LogP contribution in [0, 0.1) is 6.92 Å². The van der Waals surface area contributed by atoms with Crippen LogP contribution in [-0.4, -0.2) is 30.6 Å². The Labute approximate surface area is 166 Å². The number of thiophene rings is 1. The normalized spacial score (nSPS) is 17.5. The first kappa shape index (κ1) is 18.7. The van der Waals surface area contributed by atoms with Gasteiger partial charge in [-0.2, -0.15) is 0 Å². The lowest BCUT2D eigenvalue weighted by Gasteiger charge is -2.24. The van der Waals surface area contributed by atoms with E-state index in [-0.39, 0.29) is 6.61 Å². The smallest absolute Gasteiger partial charge is 0.341 e. The van der Waals surface area contributed by atoms with Crippen LogP contribution in [0.5, 0.6) is 0 Å². The molecule has 4 rings (SSSR count). The number of carbonyl (C=O) groups is 3. The van der Waals surface area contributed by atoms with Crippen LogP contribution in [0.2, 0.25) is 0 Å². The fraction of sp³-hybridized carbons (Fsp3) is 0.381. The van der Waals surface area contributed by atoms with Crippen molar-refractivity contribution in [2.45, 2.75) is 45.6 Å². The van der Waals surface area contributed by atoms with Crippen LogP contribution >= 0.6 is 11.3 Å². The van der Waals surface area contributed by atoms with Crippen molar-refractivity contribution in [1.29, 1.82) is 0 Å². The topological polar surface area (TPSA) is 81.7 Å². The first-order chi connectivity index (χ1) is 13.5. The summed E-state index contributed by atoms with van der Waals surface area (Å²) in [5.74, 6) is -1.34. The molecule has 1 aromatic heterocycles. The lowest BCUT2D eigenvalue weighted by atomic mass is 9.96. The Morgan fingerprint density at radius 3 is 2.93 bits per heavy atom. The Morgan fingerprint density at radius 2 is 2.14 bits per heavy atom. The van der Waals surface area contributed by atoms with Crippen LogP contribution in [0.4, 0.5) is 5.00 Å². The van der Waals surface area contributed by atoms with Crippen LogP contribution in [0.3, 0.4) is 0 Å². The fourth-order valence-corrected chi connectivity index (χ4v) is 5.02. The van der Waals surface area contributed by atoms with Crippen molar-refractivity contribution in [3.05, 3.63) is 50.9 Å². The average Bonchev–Trinajstić information content (AvgIpc) is 3.22. The van der Waals surface area contributed by atoms with Gasteiger partial charge < -0.3 is 14.8 Å². The fourth-order valence-electron chi connectivity index (χ4n) is 3.74. The van der Waals surface area contributed by atoms with Crippen LogP contribution in [0.25, 0.3) is 0 Å². The second-order valence-electron chi connectivity index (χ2n) is 7.03. The number of cyclic esters (lactones) is 1. The van der Waals surface area contributed by atoms with Crippen LogP contribution in [0.1, 0.15) is 55.6 Å². The molecular formula is C21H21NO5S. The molecule has 0 spiro atoms. The molecule has 7 heteroatoms. The first-order valence-electron chi connectivity index (χ1n) is 9.41. The maximum atomic E-state index is 12.8. The molecule has 1 aliphatic carbocycles. The summed E-state index contributed by atoms with van der Waals surface area (Å²) in [7, 11) is 0. The molecule has 2 aliphatic rings. The van der Waals surface area contributed by atoms with E-state index >= 15 is 0 Å². The SMILES string of the molecule is CCOC(=O)c1c(NC(=O)[C@@H]2Cc3ccc(C)cc3C(=O)O2)sc2c1CCC2. The van der Waals surface area contributed by atoms with Gasteiger partial charge in [0.05, 0.1) is 17.7 Å². The predicted molar refractivity (Wildman–Crippen MR) is 105 cm³/mol. The summed E-state index contributed by atoms with van der Waals surface area (Å²) in [5.41, 5.74) is 3.68. The standard InChI is InChI=1S/C21H21NO5S/c1-3-26-21(25)17-13-5-4-6-16(13)28-19(17)22-18(23)15-10-12-8-7-11(2)9-14(12)20(24)27-15/h7-9,15H,3-6,10H2,1-2H3,(H,22,23)/t15-/m0/s1. The predicted octanol–water partition coefficient (Wildman–Crippen LogP) is 3.44. The van der Waals surface area contributed by atoms with E-state index in [2.05, 4.69) is 5.32 Å². The van der Waals surface area contributed by atoms with E-state index in [9.17, 15) is 14.4 Å². The van der Waals surface area contributed by atoms with Gasteiger partial charge in [-0.25, -0.2) is 9.59 Å². The molecule has 1 atom stereocenters. The lowest BCUT2D eigenvalue weighted by molar-refractivity contribution is -0.125. The maximum Gasteiger partial charge on any atom is 0.341 e. The van der Waals surface area contributed by atoms with Gasteiger partial charge in [0, 0.05) is 11.3 Å². The molecule has 0 radical (unpaired) electrons. The molecule has 146 valence electrons. The number of amides is 1. The molecule has 2 heterocycles. The van der Waals surface area contributed by atoms with E-state index in [4.69, 9.17) is 9.47 Å². The minimum Gasteiger partial charge on any atom is -0.462 e. The molecule has 2 aromatic rings. The van der Waals surface area contributed by atoms with Gasteiger partial charge in [0.1, 0.15) is 5.00 Å². The highest BCUT2D eigenvalue weighted by Crippen LogP contribution is 2.39. The third kappa shape index (κ3) is 3.30. The van der Waals surface area contributed by atoms with Crippen LogP contribution < -0.4 is 5.32 Å². The molecule has 1 amide bonds. The summed E-state index contributed by atoms with van der Waals surface area (Å²) >= 11 is 1.41. The van der Waals surface area contributed by atoms with Gasteiger partial charge in [-0.05, 0) is 50.3 Å². The Balaban J connectivity index is 1.57. The third-order valence-corrected chi connectivity index (χ3v) is 6.28. The highest BCUT2D eigenvalue weighted by molar-refractivity contribution is 7.17. The van der Waals surface area contributed by atoms with E-state index in [0.29, 0.717) is 22.5 Å². The lowest BCUT2D eigenvalue weighted by Crippen LogP contribution is -2.38. The number of rotatable bonds is 4. The monoisotopic (exact) mass is 399 g/mol. The van der Waals surface area contributed by atoms with Crippen molar-refractivity contribution < 1.29 is 23.9 Å². The summed E-state index contributed by atoms with van der Waals surface area (Å²) in [6, 6.07) is 5.54. The second kappa shape index (κ2) is 7.39. The molecule has 0 unspecified atom stereocenters. The number of fused-ring (bicyclic) bond motifs is 2. The molecule has 0 saturated carbocycles. The number of aryl methyl sites for hydroxylation is 2. The molecular weight excluding hydrogens is 378 g/mol. The van der Waals surface area contributed by atoms with E-state index in [1.807, 2.05) is 19.1 Å². The number of ether oxygens (including phenoxy) is 2. The van der Waals surface area contributed by atoms with E-state index in [0.717, 1.165) is 40.8 Å². The van der Waals surface area contributed by atoms with Gasteiger partial charge in [-0.1, -0.05) is 17.7 Å². The van der Waals surface area contributed by atoms with Gasteiger partial charge in [0.15, 0.2) is 6.10 Å². The molecule has 0 fully saturated rings. The first-order valence-corrected chi connectivity index (χ1v) is 10.2. The van der Waals surface area contributed by atoms with Crippen molar-refractivity contribution in [2.75, 3.05) is 11.9 Å². The van der Waals surface area contributed by atoms with Crippen molar-refractivity contribution >= 4 is 34.2 Å². The number of carbonyl (C=O) groups excluding carboxylic acids is 3. The van der Waals surface area contributed by atoms with Gasteiger partial charge in [-0.3, -0.25) is 4.79 Å². The van der Waals surface area contributed by atoms with Gasteiger partial charge in [-0.15, -0.1) is 11.3 Å². The Bertz CT molecular complexity index is 977. The minimum absolute atomic E-state index is 0.271. The van der Waals surface area contributed by atoms with E-state index in [1.165, 1.54) is 11.3 Å². The quantitative estimate of drug-likeness (QED) is 0.797. The zero-order valence-electron chi connectivity index (χ0n) is 15.8. The second-order valence-corrected chi connectivity index (χ2v) is 8.14. The Kier molecular flexibility index (Phi) is 4.93. The Hall–Kier alpha value is -2.67. The molecule has 0 saturated heterocycles. The summed E-state index contributed by atoms with van der Waals surface area (Å²) in [6.07, 6.45) is 2.09. The number of anilines is 1. The highest BCUT2D eigenvalue weighted by Gasteiger charge is 2.34. The van der Waals surface area contributed by atoms with Crippen molar-refractivity contribution in [2.24, 2.45) is 0 Å². The molecule has 28 heavy (non-hydrogen) atoms. The number of esters is 2.